The number of benzene rings is 1. The minimum Gasteiger partial charge on any atom is -0.486 e. The molecule has 0 unspecified atom stereocenters. The third-order valence-corrected chi connectivity index (χ3v) is 3.73. The first-order chi connectivity index (χ1) is 10.6. The predicted octanol–water partition coefficient (Wildman–Crippen LogP) is 2.09. The lowest BCUT2D eigenvalue weighted by atomic mass is 10.1. The average molecular weight is 301 g/mol. The number of aromatic nitrogens is 2. The van der Waals surface area contributed by atoms with Gasteiger partial charge in [-0.1, -0.05) is 6.07 Å². The van der Waals surface area contributed by atoms with E-state index in [1.807, 2.05) is 32.0 Å². The molecule has 1 amide bonds. The van der Waals surface area contributed by atoms with Gasteiger partial charge in [-0.15, -0.1) is 0 Å². The van der Waals surface area contributed by atoms with Crippen molar-refractivity contribution in [1.82, 2.24) is 15.1 Å². The third-order valence-electron chi connectivity index (χ3n) is 3.73. The normalized spacial score (nSPS) is 15.9. The summed E-state index contributed by atoms with van der Waals surface area (Å²) >= 11 is 0. The van der Waals surface area contributed by atoms with E-state index in [2.05, 4.69) is 10.4 Å². The van der Waals surface area contributed by atoms with E-state index >= 15 is 0 Å². The number of amides is 1. The van der Waals surface area contributed by atoms with E-state index < -0.39 is 0 Å². The highest BCUT2D eigenvalue weighted by atomic mass is 16.6. The fraction of sp³-hybridized carbons (Fsp3) is 0.375. The average Bonchev–Trinajstić information content (AvgIpc) is 3.08. The molecule has 2 aromatic rings. The summed E-state index contributed by atoms with van der Waals surface area (Å²) in [5, 5.41) is 7.09. The summed E-state index contributed by atoms with van der Waals surface area (Å²) in [4.78, 5) is 12.3. The Balaban J connectivity index is 1.69. The van der Waals surface area contributed by atoms with Gasteiger partial charge in [-0.25, -0.2) is 0 Å². The number of rotatable bonds is 4. The van der Waals surface area contributed by atoms with E-state index in [0.717, 1.165) is 17.1 Å². The molecule has 1 aromatic heterocycles. The summed E-state index contributed by atoms with van der Waals surface area (Å²) in [7, 11) is 0. The molecule has 1 aliphatic rings. The molecular formula is C16H19N3O3. The van der Waals surface area contributed by atoms with Gasteiger partial charge < -0.3 is 14.8 Å². The van der Waals surface area contributed by atoms with Crippen LogP contribution in [0.1, 0.15) is 31.5 Å². The van der Waals surface area contributed by atoms with Gasteiger partial charge in [-0.3, -0.25) is 9.48 Å². The summed E-state index contributed by atoms with van der Waals surface area (Å²) in [6.45, 7) is 4.88. The van der Waals surface area contributed by atoms with Gasteiger partial charge in [0.1, 0.15) is 19.3 Å². The Kier molecular flexibility index (Phi) is 4.00. The second-order valence-electron chi connectivity index (χ2n) is 5.30. The van der Waals surface area contributed by atoms with Crippen LogP contribution in [0.2, 0.25) is 0 Å². The number of carbonyl (C=O) groups is 1. The minimum absolute atomic E-state index is 0.0777. The number of fused-ring (bicyclic) bond motifs is 1. The van der Waals surface area contributed by atoms with Gasteiger partial charge in [0.05, 0.1) is 6.04 Å². The van der Waals surface area contributed by atoms with E-state index in [9.17, 15) is 4.79 Å². The third kappa shape index (κ3) is 2.90. The molecule has 1 aromatic carbocycles. The summed E-state index contributed by atoms with van der Waals surface area (Å²) in [5.74, 6) is 1.40. The molecule has 1 aliphatic heterocycles. The Bertz CT molecular complexity index is 655. The van der Waals surface area contributed by atoms with Gasteiger partial charge in [0, 0.05) is 12.4 Å². The van der Waals surface area contributed by atoms with E-state index in [-0.39, 0.29) is 18.0 Å². The summed E-state index contributed by atoms with van der Waals surface area (Å²) in [6, 6.07) is 7.06. The predicted molar refractivity (Wildman–Crippen MR) is 80.9 cm³/mol. The van der Waals surface area contributed by atoms with Crippen LogP contribution in [0.15, 0.2) is 36.7 Å². The molecule has 116 valence electrons. The summed E-state index contributed by atoms with van der Waals surface area (Å²) in [6.07, 6.45) is 3.44. The Morgan fingerprint density at radius 2 is 2.05 bits per heavy atom. The van der Waals surface area contributed by atoms with Gasteiger partial charge in [-0.05, 0) is 37.6 Å². The van der Waals surface area contributed by atoms with E-state index in [0.29, 0.717) is 13.2 Å². The topological polar surface area (TPSA) is 65.4 Å². The maximum Gasteiger partial charge on any atom is 0.245 e. The molecule has 0 aliphatic carbocycles. The van der Waals surface area contributed by atoms with Crippen molar-refractivity contribution in [3.05, 3.63) is 42.2 Å². The zero-order valence-corrected chi connectivity index (χ0v) is 12.7. The number of carbonyl (C=O) groups excluding carboxylic acids is 1. The van der Waals surface area contributed by atoms with E-state index in [4.69, 9.17) is 9.47 Å². The number of nitrogens with zero attached hydrogens (tertiary/aromatic N) is 2. The highest BCUT2D eigenvalue weighted by Crippen LogP contribution is 2.32. The van der Waals surface area contributed by atoms with E-state index in [1.54, 1.807) is 23.1 Å². The number of ether oxygens (including phenoxy) is 2. The van der Waals surface area contributed by atoms with Crippen LogP contribution in [0.25, 0.3) is 0 Å². The largest absolute Gasteiger partial charge is 0.486 e. The Morgan fingerprint density at radius 3 is 2.77 bits per heavy atom. The lowest BCUT2D eigenvalue weighted by Crippen LogP contribution is -2.33. The summed E-state index contributed by atoms with van der Waals surface area (Å²) in [5.41, 5.74) is 0.977. The van der Waals surface area contributed by atoms with Crippen molar-refractivity contribution in [2.45, 2.75) is 25.9 Å². The molecule has 22 heavy (non-hydrogen) atoms. The van der Waals surface area contributed by atoms with Crippen molar-refractivity contribution in [2.24, 2.45) is 0 Å². The van der Waals surface area contributed by atoms with Crippen LogP contribution < -0.4 is 14.8 Å². The molecule has 0 saturated heterocycles. The van der Waals surface area contributed by atoms with Crippen LogP contribution in [0.3, 0.4) is 0 Å². The quantitative estimate of drug-likeness (QED) is 0.939. The molecule has 0 saturated carbocycles. The zero-order valence-electron chi connectivity index (χ0n) is 12.7. The standard InChI is InChI=1S/C16H19N3O3/c1-11(18-16(20)12(2)19-7-3-6-17-19)13-4-5-14-15(10-13)22-9-8-21-14/h3-7,10-12H,8-9H2,1-2H3,(H,18,20)/t11-,12-/m1/s1. The molecule has 3 rings (SSSR count). The molecule has 2 atom stereocenters. The van der Waals surface area contributed by atoms with Crippen molar-refractivity contribution in [3.63, 3.8) is 0 Å². The van der Waals surface area contributed by atoms with Gasteiger partial charge in [-0.2, -0.15) is 5.10 Å². The second-order valence-corrected chi connectivity index (χ2v) is 5.30. The molecule has 1 N–H and O–H groups in total. The minimum atomic E-state index is -0.352. The maximum absolute atomic E-state index is 12.3. The van der Waals surface area contributed by atoms with Crippen molar-refractivity contribution < 1.29 is 14.3 Å². The van der Waals surface area contributed by atoms with Crippen LogP contribution in [0.5, 0.6) is 11.5 Å². The zero-order chi connectivity index (χ0) is 15.5. The monoisotopic (exact) mass is 301 g/mol. The lowest BCUT2D eigenvalue weighted by molar-refractivity contribution is -0.124. The lowest BCUT2D eigenvalue weighted by Gasteiger charge is -2.22. The number of hydrogen-bond donors (Lipinski definition) is 1. The highest BCUT2D eigenvalue weighted by molar-refractivity contribution is 5.80. The molecular weight excluding hydrogens is 282 g/mol. The van der Waals surface area contributed by atoms with Gasteiger partial charge in [0.15, 0.2) is 11.5 Å². The second kappa shape index (κ2) is 6.09. The van der Waals surface area contributed by atoms with E-state index in [1.165, 1.54) is 0 Å². The van der Waals surface area contributed by atoms with Crippen LogP contribution in [0.4, 0.5) is 0 Å². The van der Waals surface area contributed by atoms with Crippen LogP contribution in [-0.4, -0.2) is 28.9 Å². The van der Waals surface area contributed by atoms with Gasteiger partial charge in [0.25, 0.3) is 0 Å². The number of hydrogen-bond acceptors (Lipinski definition) is 4. The first kappa shape index (κ1) is 14.4. The molecule has 6 heteroatoms. The maximum atomic E-state index is 12.3. The Labute approximate surface area is 129 Å². The fourth-order valence-corrected chi connectivity index (χ4v) is 2.38. The molecule has 2 heterocycles. The van der Waals surface area contributed by atoms with Crippen molar-refractivity contribution in [1.29, 1.82) is 0 Å². The first-order valence-corrected chi connectivity index (χ1v) is 7.34. The molecule has 6 nitrogen and oxygen atoms in total. The van der Waals surface area contributed by atoms with Gasteiger partial charge >= 0.3 is 0 Å². The van der Waals surface area contributed by atoms with Crippen LogP contribution >= 0.6 is 0 Å². The SMILES string of the molecule is C[C@H](C(=O)N[C@H](C)c1ccc2c(c1)OCCO2)n1cccn1. The Morgan fingerprint density at radius 1 is 1.27 bits per heavy atom. The molecule has 0 spiro atoms. The molecule has 0 fully saturated rings. The van der Waals surface area contributed by atoms with Crippen molar-refractivity contribution >= 4 is 5.91 Å². The molecule has 0 bridgehead atoms. The number of nitrogens with one attached hydrogen (secondary N) is 1. The van der Waals surface area contributed by atoms with Crippen LogP contribution in [0, 0.1) is 0 Å². The Hall–Kier alpha value is -2.50. The van der Waals surface area contributed by atoms with Crippen LogP contribution in [-0.2, 0) is 4.79 Å². The first-order valence-electron chi connectivity index (χ1n) is 7.34. The molecule has 0 radical (unpaired) electrons. The van der Waals surface area contributed by atoms with Crippen molar-refractivity contribution in [2.75, 3.05) is 13.2 Å². The van der Waals surface area contributed by atoms with Gasteiger partial charge in [0.2, 0.25) is 5.91 Å². The smallest absolute Gasteiger partial charge is 0.245 e. The fourth-order valence-electron chi connectivity index (χ4n) is 2.38. The summed E-state index contributed by atoms with van der Waals surface area (Å²) < 4.78 is 12.7. The highest BCUT2D eigenvalue weighted by Gasteiger charge is 2.19. The van der Waals surface area contributed by atoms with Crippen molar-refractivity contribution in [3.8, 4) is 11.5 Å².